The number of carboxylic acid groups (broad SMARTS) is 1. The number of aliphatic imine (C=N–C) groups is 1. The zero-order valence-corrected chi connectivity index (χ0v) is 20.7. The number of aliphatic carboxylic acids is 1. The number of fused-ring (bicyclic) bond motifs is 2. The Kier molecular flexibility index (Phi) is 7.60. The highest BCUT2D eigenvalue weighted by atomic mass is 32.2. The summed E-state index contributed by atoms with van der Waals surface area (Å²) in [5.74, 6) is -1.88. The van der Waals surface area contributed by atoms with Gasteiger partial charge in [-0.25, -0.2) is 13.2 Å². The number of aryl methyl sites for hydroxylation is 1. The minimum absolute atomic E-state index is 0.0822. The summed E-state index contributed by atoms with van der Waals surface area (Å²) in [5, 5.41) is 9.90. The third-order valence-corrected chi connectivity index (χ3v) is 8.26. The molecule has 192 valence electrons. The number of carboxylic acids is 1. The minimum atomic E-state index is -4.06. The van der Waals surface area contributed by atoms with E-state index in [2.05, 4.69) is 9.71 Å². The van der Waals surface area contributed by atoms with Crippen LogP contribution in [0.2, 0.25) is 0 Å². The second-order valence-electron chi connectivity index (χ2n) is 9.13. The monoisotopic (exact) mass is 513 g/mol. The summed E-state index contributed by atoms with van der Waals surface area (Å²) in [7, 11) is -4.06. The molecule has 36 heavy (non-hydrogen) atoms. The van der Waals surface area contributed by atoms with Gasteiger partial charge in [0.05, 0.1) is 4.90 Å². The van der Waals surface area contributed by atoms with Crippen LogP contribution in [0, 0.1) is 0 Å². The van der Waals surface area contributed by atoms with E-state index in [1.54, 1.807) is 36.4 Å². The van der Waals surface area contributed by atoms with E-state index in [4.69, 9.17) is 11.5 Å². The summed E-state index contributed by atoms with van der Waals surface area (Å²) in [5.41, 5.74) is 13.8. The van der Waals surface area contributed by atoms with Gasteiger partial charge in [-0.05, 0) is 66.8 Å². The molecule has 0 radical (unpaired) electrons. The molecule has 1 amide bonds. The van der Waals surface area contributed by atoms with Crippen molar-refractivity contribution in [1.29, 1.82) is 0 Å². The lowest BCUT2D eigenvalue weighted by molar-refractivity contribution is -0.150. The van der Waals surface area contributed by atoms with Crippen LogP contribution < -0.4 is 16.2 Å². The molecule has 2 aromatic rings. The Morgan fingerprint density at radius 3 is 2.56 bits per heavy atom. The number of hydrogen-bond acceptors (Lipinski definition) is 5. The van der Waals surface area contributed by atoms with Crippen LogP contribution in [-0.2, 0) is 39.0 Å². The van der Waals surface area contributed by atoms with Crippen molar-refractivity contribution in [3.05, 3.63) is 64.7 Å². The van der Waals surface area contributed by atoms with Gasteiger partial charge in [-0.1, -0.05) is 36.4 Å². The number of carbonyl (C=O) groups is 2. The van der Waals surface area contributed by atoms with Gasteiger partial charge in [0, 0.05) is 13.1 Å². The number of hydrogen-bond donors (Lipinski definition) is 4. The van der Waals surface area contributed by atoms with E-state index in [1.165, 1.54) is 4.90 Å². The smallest absolute Gasteiger partial charge is 0.331 e. The van der Waals surface area contributed by atoms with Gasteiger partial charge in [-0.15, -0.1) is 0 Å². The quantitative estimate of drug-likeness (QED) is 0.223. The standard InChI is InChI=1S/C25H31N5O5S/c26-25(27)28-14-6-12-20(23(31)30-15-17-8-2-4-11-19(17)22(30)24(32)33)29-36(34,35)21-13-5-9-16-7-1-3-10-18(16)21/h2,4-5,8-9,11,13,20,22,29H,1,3,6-7,10,12,14-15H2,(H,32,33)(H4,26,27,28)/t20-,22?/m0/s1. The van der Waals surface area contributed by atoms with Crippen LogP contribution in [0.3, 0.4) is 0 Å². The molecule has 4 rings (SSSR count). The zero-order valence-electron chi connectivity index (χ0n) is 19.9. The summed E-state index contributed by atoms with van der Waals surface area (Å²) in [6.45, 7) is 0.288. The van der Waals surface area contributed by atoms with Gasteiger partial charge in [0.25, 0.3) is 0 Å². The Morgan fingerprint density at radius 1 is 1.08 bits per heavy atom. The van der Waals surface area contributed by atoms with E-state index >= 15 is 0 Å². The fourth-order valence-electron chi connectivity index (χ4n) is 5.04. The minimum Gasteiger partial charge on any atom is -0.479 e. The van der Waals surface area contributed by atoms with Gasteiger partial charge >= 0.3 is 5.97 Å². The van der Waals surface area contributed by atoms with Crippen LogP contribution >= 0.6 is 0 Å². The van der Waals surface area contributed by atoms with Crippen molar-refractivity contribution in [2.75, 3.05) is 6.54 Å². The summed E-state index contributed by atoms with van der Waals surface area (Å²) in [6, 6.07) is 9.77. The second kappa shape index (κ2) is 10.7. The van der Waals surface area contributed by atoms with E-state index in [-0.39, 0.29) is 30.4 Å². The van der Waals surface area contributed by atoms with Gasteiger partial charge in [0.1, 0.15) is 6.04 Å². The van der Waals surface area contributed by atoms with E-state index in [0.717, 1.165) is 36.0 Å². The van der Waals surface area contributed by atoms with E-state index in [9.17, 15) is 23.1 Å². The van der Waals surface area contributed by atoms with Crippen molar-refractivity contribution in [2.45, 2.75) is 62.0 Å². The third-order valence-electron chi connectivity index (χ3n) is 6.70. The van der Waals surface area contributed by atoms with Crippen molar-refractivity contribution in [3.63, 3.8) is 0 Å². The molecule has 0 fully saturated rings. The van der Waals surface area contributed by atoms with Crippen LogP contribution in [-0.4, -0.2) is 48.8 Å². The number of rotatable bonds is 9. The maximum Gasteiger partial charge on any atom is 0.331 e. The molecule has 2 aromatic carbocycles. The molecule has 2 aliphatic rings. The average molecular weight is 514 g/mol. The SMILES string of the molecule is NC(N)=NCCC[C@H](NS(=O)(=O)c1cccc2c1CCCC2)C(=O)N1Cc2ccccc2C1C(=O)O. The molecular weight excluding hydrogens is 482 g/mol. The number of nitrogens with one attached hydrogen (secondary N) is 1. The molecule has 0 saturated carbocycles. The van der Waals surface area contributed by atoms with Crippen LogP contribution in [0.5, 0.6) is 0 Å². The number of nitrogens with two attached hydrogens (primary N) is 2. The molecule has 10 nitrogen and oxygen atoms in total. The molecule has 0 saturated heterocycles. The average Bonchev–Trinajstić information content (AvgIpc) is 3.25. The second-order valence-corrected chi connectivity index (χ2v) is 10.8. The van der Waals surface area contributed by atoms with Gasteiger partial charge in [-0.2, -0.15) is 4.72 Å². The predicted molar refractivity (Wildman–Crippen MR) is 134 cm³/mol. The molecular formula is C25H31N5O5S. The molecule has 2 atom stereocenters. The molecule has 0 aromatic heterocycles. The third kappa shape index (κ3) is 5.36. The maximum atomic E-state index is 13.7. The molecule has 6 N–H and O–H groups in total. The van der Waals surface area contributed by atoms with Crippen molar-refractivity contribution in [2.24, 2.45) is 16.5 Å². The van der Waals surface area contributed by atoms with Gasteiger partial charge in [-0.3, -0.25) is 9.79 Å². The largest absolute Gasteiger partial charge is 0.479 e. The van der Waals surface area contributed by atoms with Crippen molar-refractivity contribution in [3.8, 4) is 0 Å². The Balaban J connectivity index is 1.63. The van der Waals surface area contributed by atoms with Crippen molar-refractivity contribution in [1.82, 2.24) is 9.62 Å². The van der Waals surface area contributed by atoms with Crippen LogP contribution in [0.25, 0.3) is 0 Å². The predicted octanol–water partition coefficient (Wildman–Crippen LogP) is 1.43. The number of guanidine groups is 1. The van der Waals surface area contributed by atoms with Gasteiger partial charge < -0.3 is 21.5 Å². The van der Waals surface area contributed by atoms with Crippen LogP contribution in [0.4, 0.5) is 0 Å². The first kappa shape index (κ1) is 25.6. The highest BCUT2D eigenvalue weighted by molar-refractivity contribution is 7.89. The fraction of sp³-hybridized carbons (Fsp3) is 0.400. The number of carbonyl (C=O) groups excluding carboxylic acids is 1. The molecule has 0 spiro atoms. The first-order chi connectivity index (χ1) is 17.2. The number of sulfonamides is 1. The number of benzene rings is 2. The lowest BCUT2D eigenvalue weighted by Gasteiger charge is -2.28. The molecule has 1 aliphatic heterocycles. The summed E-state index contributed by atoms with van der Waals surface area (Å²) in [6.07, 6.45) is 3.78. The van der Waals surface area contributed by atoms with Gasteiger partial charge in [0.2, 0.25) is 15.9 Å². The van der Waals surface area contributed by atoms with E-state index in [0.29, 0.717) is 18.4 Å². The zero-order chi connectivity index (χ0) is 25.9. The van der Waals surface area contributed by atoms with Crippen LogP contribution in [0.15, 0.2) is 52.4 Å². The van der Waals surface area contributed by atoms with Crippen molar-refractivity contribution < 1.29 is 23.1 Å². The highest BCUT2D eigenvalue weighted by Crippen LogP contribution is 2.35. The molecule has 0 bridgehead atoms. The lowest BCUT2D eigenvalue weighted by atomic mass is 9.92. The molecule has 11 heteroatoms. The molecule has 1 heterocycles. The summed E-state index contributed by atoms with van der Waals surface area (Å²) < 4.78 is 29.7. The highest BCUT2D eigenvalue weighted by Gasteiger charge is 2.41. The normalized spacial score (nSPS) is 17.7. The van der Waals surface area contributed by atoms with Crippen molar-refractivity contribution >= 4 is 27.9 Å². The molecule has 1 unspecified atom stereocenters. The van der Waals surface area contributed by atoms with E-state index in [1.807, 2.05) is 6.07 Å². The number of nitrogens with zero attached hydrogens (tertiary/aromatic N) is 2. The maximum absolute atomic E-state index is 13.7. The summed E-state index contributed by atoms with van der Waals surface area (Å²) in [4.78, 5) is 31.1. The Bertz CT molecular complexity index is 1290. The Hall–Kier alpha value is -3.44. The first-order valence-corrected chi connectivity index (χ1v) is 13.5. The lowest BCUT2D eigenvalue weighted by Crippen LogP contribution is -2.49. The Morgan fingerprint density at radius 2 is 1.81 bits per heavy atom. The summed E-state index contributed by atoms with van der Waals surface area (Å²) >= 11 is 0. The fourth-order valence-corrected chi connectivity index (χ4v) is 6.58. The topological polar surface area (TPSA) is 168 Å². The van der Waals surface area contributed by atoms with Gasteiger partial charge in [0.15, 0.2) is 12.0 Å². The molecule has 1 aliphatic carbocycles. The van der Waals surface area contributed by atoms with Crippen LogP contribution in [0.1, 0.15) is 54.0 Å². The van der Waals surface area contributed by atoms with E-state index < -0.39 is 34.0 Å². The Labute approximate surface area is 210 Å². The first-order valence-electron chi connectivity index (χ1n) is 12.0. The number of amides is 1.